The van der Waals surface area contributed by atoms with Gasteiger partial charge in [-0.3, -0.25) is 4.79 Å². The van der Waals surface area contributed by atoms with Crippen LogP contribution in [0.1, 0.15) is 29.0 Å². The van der Waals surface area contributed by atoms with E-state index in [-0.39, 0.29) is 18.6 Å². The Hall–Kier alpha value is -2.21. The lowest BCUT2D eigenvalue weighted by atomic mass is 10.1. The highest BCUT2D eigenvalue weighted by atomic mass is 35.5. The number of rotatable bonds is 4. The van der Waals surface area contributed by atoms with Gasteiger partial charge in [0.05, 0.1) is 5.02 Å². The number of nitrogens with zero attached hydrogens (tertiary/aromatic N) is 1. The Morgan fingerprint density at radius 2 is 2.38 bits per heavy atom. The maximum absolute atomic E-state index is 12.2. The van der Waals surface area contributed by atoms with Gasteiger partial charge in [0.1, 0.15) is 5.82 Å². The number of H-pyrrole nitrogens is 1. The van der Waals surface area contributed by atoms with Crippen LogP contribution in [0.15, 0.2) is 24.5 Å². The molecule has 0 aliphatic carbocycles. The molecule has 0 bridgehead atoms. The quantitative estimate of drug-likeness (QED) is 0.909. The third-order valence-electron chi connectivity index (χ3n) is 3.24. The molecule has 2 N–H and O–H groups in total. The molecule has 21 heavy (non-hydrogen) atoms. The van der Waals surface area contributed by atoms with Crippen molar-refractivity contribution >= 4 is 17.5 Å². The molecule has 1 atom stereocenters. The Labute approximate surface area is 126 Å². The number of benzene rings is 1. The molecule has 0 fully saturated rings. The highest BCUT2D eigenvalue weighted by Gasteiger charge is 2.21. The first-order valence-corrected chi connectivity index (χ1v) is 6.89. The second-order valence-corrected chi connectivity index (χ2v) is 5.18. The number of hydrogen-bond acceptors (Lipinski definition) is 4. The maximum atomic E-state index is 12.2. The predicted octanol–water partition coefficient (Wildman–Crippen LogP) is 2.33. The van der Waals surface area contributed by atoms with E-state index in [9.17, 15) is 4.79 Å². The summed E-state index contributed by atoms with van der Waals surface area (Å²) < 4.78 is 10.5. The Kier molecular flexibility index (Phi) is 3.70. The van der Waals surface area contributed by atoms with Crippen LogP contribution in [-0.2, 0) is 0 Å². The Bertz CT molecular complexity index is 658. The molecule has 1 aliphatic rings. The van der Waals surface area contributed by atoms with Crippen molar-refractivity contribution in [3.05, 3.63) is 40.9 Å². The number of amides is 1. The van der Waals surface area contributed by atoms with Gasteiger partial charge in [-0.25, -0.2) is 4.98 Å². The van der Waals surface area contributed by atoms with Gasteiger partial charge in [0.2, 0.25) is 6.79 Å². The summed E-state index contributed by atoms with van der Waals surface area (Å²) in [7, 11) is 0. The van der Waals surface area contributed by atoms with Crippen molar-refractivity contribution in [3.63, 3.8) is 0 Å². The van der Waals surface area contributed by atoms with E-state index in [0.29, 0.717) is 28.6 Å². The molecule has 1 unspecified atom stereocenters. The van der Waals surface area contributed by atoms with Crippen molar-refractivity contribution in [2.45, 2.75) is 12.8 Å². The summed E-state index contributed by atoms with van der Waals surface area (Å²) in [6.45, 7) is 2.57. The molecular weight excluding hydrogens is 294 g/mol. The van der Waals surface area contributed by atoms with Crippen molar-refractivity contribution < 1.29 is 14.3 Å². The normalized spacial score (nSPS) is 14.0. The zero-order chi connectivity index (χ0) is 14.8. The van der Waals surface area contributed by atoms with Gasteiger partial charge in [-0.05, 0) is 12.1 Å². The predicted molar refractivity (Wildman–Crippen MR) is 76.9 cm³/mol. The van der Waals surface area contributed by atoms with Gasteiger partial charge in [-0.1, -0.05) is 18.5 Å². The molecule has 0 spiro atoms. The summed E-state index contributed by atoms with van der Waals surface area (Å²) >= 11 is 6.06. The molecule has 1 aromatic carbocycles. The SMILES string of the molecule is CC(CNC(=O)c1cc(Cl)c2c(c1)OCO2)c1ncc[nH]1. The van der Waals surface area contributed by atoms with Gasteiger partial charge in [0.15, 0.2) is 11.5 Å². The van der Waals surface area contributed by atoms with Crippen LogP contribution in [0.5, 0.6) is 11.5 Å². The number of fused-ring (bicyclic) bond motifs is 1. The number of imidazole rings is 1. The summed E-state index contributed by atoms with van der Waals surface area (Å²) in [5, 5.41) is 3.22. The monoisotopic (exact) mass is 307 g/mol. The van der Waals surface area contributed by atoms with Crippen LogP contribution in [0, 0.1) is 0 Å². The molecule has 2 aromatic rings. The van der Waals surface area contributed by atoms with Crippen LogP contribution < -0.4 is 14.8 Å². The number of aromatic nitrogens is 2. The molecule has 110 valence electrons. The summed E-state index contributed by atoms with van der Waals surface area (Å²) in [6, 6.07) is 3.20. The number of carbonyl (C=O) groups is 1. The van der Waals surface area contributed by atoms with Crippen LogP contribution in [-0.4, -0.2) is 29.2 Å². The minimum absolute atomic E-state index is 0.0911. The van der Waals surface area contributed by atoms with E-state index < -0.39 is 0 Å². The standard InChI is InChI=1S/C14H14ClN3O3/c1-8(13-16-2-3-17-13)6-18-14(19)9-4-10(15)12-11(5-9)20-7-21-12/h2-5,8H,6-7H2,1H3,(H,16,17)(H,18,19). The second-order valence-electron chi connectivity index (χ2n) is 4.78. The molecule has 0 saturated heterocycles. The number of aromatic amines is 1. The first-order valence-electron chi connectivity index (χ1n) is 6.52. The van der Waals surface area contributed by atoms with Gasteiger partial charge in [0.25, 0.3) is 5.91 Å². The number of ether oxygens (including phenoxy) is 2. The second kappa shape index (κ2) is 5.65. The first-order chi connectivity index (χ1) is 10.1. The molecule has 3 rings (SSSR count). The zero-order valence-corrected chi connectivity index (χ0v) is 12.1. The van der Waals surface area contributed by atoms with Crippen molar-refractivity contribution in [1.29, 1.82) is 0 Å². The zero-order valence-electron chi connectivity index (χ0n) is 11.4. The lowest BCUT2D eigenvalue weighted by Crippen LogP contribution is -2.27. The smallest absolute Gasteiger partial charge is 0.251 e. The van der Waals surface area contributed by atoms with Crippen molar-refractivity contribution in [1.82, 2.24) is 15.3 Å². The van der Waals surface area contributed by atoms with Crippen molar-refractivity contribution in [3.8, 4) is 11.5 Å². The molecule has 6 nitrogen and oxygen atoms in total. The largest absolute Gasteiger partial charge is 0.454 e. The average molecular weight is 308 g/mol. The Morgan fingerprint density at radius 3 is 3.14 bits per heavy atom. The third kappa shape index (κ3) is 2.80. The molecule has 2 heterocycles. The summed E-state index contributed by atoms with van der Waals surface area (Å²) in [5.74, 6) is 1.69. The molecular formula is C14H14ClN3O3. The fourth-order valence-corrected chi connectivity index (χ4v) is 2.36. The molecule has 0 radical (unpaired) electrons. The van der Waals surface area contributed by atoms with Gasteiger partial charge in [-0.2, -0.15) is 0 Å². The number of halogens is 1. The van der Waals surface area contributed by atoms with E-state index in [2.05, 4.69) is 15.3 Å². The van der Waals surface area contributed by atoms with E-state index in [1.165, 1.54) is 0 Å². The van der Waals surface area contributed by atoms with E-state index in [0.717, 1.165) is 5.82 Å². The van der Waals surface area contributed by atoms with E-state index in [1.807, 2.05) is 6.92 Å². The molecule has 1 aliphatic heterocycles. The number of nitrogens with one attached hydrogen (secondary N) is 2. The summed E-state index contributed by atoms with van der Waals surface area (Å²) in [4.78, 5) is 19.4. The van der Waals surface area contributed by atoms with Crippen LogP contribution in [0.3, 0.4) is 0 Å². The van der Waals surface area contributed by atoms with Crippen LogP contribution in [0.25, 0.3) is 0 Å². The molecule has 0 saturated carbocycles. The van der Waals surface area contributed by atoms with Crippen LogP contribution >= 0.6 is 11.6 Å². The summed E-state index contributed by atoms with van der Waals surface area (Å²) in [5.41, 5.74) is 0.441. The van der Waals surface area contributed by atoms with Gasteiger partial charge in [0, 0.05) is 30.4 Å². The lowest BCUT2D eigenvalue weighted by Gasteiger charge is -2.11. The lowest BCUT2D eigenvalue weighted by molar-refractivity contribution is 0.0951. The van der Waals surface area contributed by atoms with Crippen LogP contribution in [0.2, 0.25) is 5.02 Å². The third-order valence-corrected chi connectivity index (χ3v) is 3.53. The first kappa shape index (κ1) is 13.8. The number of hydrogen-bond donors (Lipinski definition) is 2. The van der Waals surface area contributed by atoms with Gasteiger partial charge in [-0.15, -0.1) is 0 Å². The molecule has 1 aromatic heterocycles. The van der Waals surface area contributed by atoms with Gasteiger partial charge < -0.3 is 19.8 Å². The highest BCUT2D eigenvalue weighted by molar-refractivity contribution is 6.32. The fraction of sp³-hybridized carbons (Fsp3) is 0.286. The van der Waals surface area contributed by atoms with Crippen molar-refractivity contribution in [2.24, 2.45) is 0 Å². The minimum Gasteiger partial charge on any atom is -0.454 e. The highest BCUT2D eigenvalue weighted by Crippen LogP contribution is 2.39. The van der Waals surface area contributed by atoms with E-state index >= 15 is 0 Å². The fourth-order valence-electron chi connectivity index (χ4n) is 2.09. The number of carbonyl (C=O) groups excluding carboxylic acids is 1. The average Bonchev–Trinajstić information content (AvgIpc) is 3.14. The Morgan fingerprint density at radius 1 is 1.52 bits per heavy atom. The maximum Gasteiger partial charge on any atom is 0.251 e. The Balaban J connectivity index is 1.67. The summed E-state index contributed by atoms with van der Waals surface area (Å²) in [6.07, 6.45) is 3.44. The van der Waals surface area contributed by atoms with Gasteiger partial charge >= 0.3 is 0 Å². The molecule has 7 heteroatoms. The van der Waals surface area contributed by atoms with E-state index in [4.69, 9.17) is 21.1 Å². The topological polar surface area (TPSA) is 76.2 Å². The van der Waals surface area contributed by atoms with Crippen LogP contribution in [0.4, 0.5) is 0 Å². The minimum atomic E-state index is -0.214. The van der Waals surface area contributed by atoms with Crippen molar-refractivity contribution in [2.75, 3.05) is 13.3 Å². The van der Waals surface area contributed by atoms with E-state index in [1.54, 1.807) is 24.5 Å². The molecule has 1 amide bonds.